The van der Waals surface area contributed by atoms with E-state index in [0.717, 1.165) is 19.7 Å². The van der Waals surface area contributed by atoms with Gasteiger partial charge in [-0.05, 0) is 42.2 Å². The fraction of sp³-hybridized carbons (Fsp3) is 0.118. The van der Waals surface area contributed by atoms with Crippen LogP contribution in [0.3, 0.4) is 0 Å². The molecule has 38 heavy (non-hydrogen) atoms. The van der Waals surface area contributed by atoms with E-state index >= 15 is 0 Å². The number of aromatic amines is 3. The SMILES string of the molecule is Cc1nc(Sc2c(Sc3ncn[nH]3)c(Sc3nnc(C)o3)c(Sc3nnco3)c[n+]2Sc2cn[nH]n2)n[nH]1. The lowest BCUT2D eigenvalue weighted by molar-refractivity contribution is -0.546. The van der Waals surface area contributed by atoms with Crippen molar-refractivity contribution in [2.45, 2.75) is 59.3 Å². The number of aryl methyl sites for hydroxylation is 2. The summed E-state index contributed by atoms with van der Waals surface area (Å²) < 4.78 is 13.1. The minimum atomic E-state index is 0.354. The molecule has 0 aliphatic carbocycles. The molecule has 0 unspecified atom stereocenters. The third-order valence-electron chi connectivity index (χ3n) is 4.23. The van der Waals surface area contributed by atoms with Crippen molar-refractivity contribution in [3.63, 3.8) is 0 Å². The number of hydrogen-bond acceptors (Lipinski definition) is 17. The molecule has 0 saturated heterocycles. The van der Waals surface area contributed by atoms with Gasteiger partial charge in [0.1, 0.15) is 17.0 Å². The molecule has 6 aromatic rings. The molecule has 0 amide bonds. The van der Waals surface area contributed by atoms with Gasteiger partial charge in [-0.2, -0.15) is 15.4 Å². The highest BCUT2D eigenvalue weighted by atomic mass is 32.2. The zero-order valence-corrected chi connectivity index (χ0v) is 23.2. The fourth-order valence-electron chi connectivity index (χ4n) is 2.79. The maximum Gasteiger partial charge on any atom is 0.281 e. The van der Waals surface area contributed by atoms with Crippen molar-refractivity contribution in [3.05, 3.63) is 36.8 Å². The van der Waals surface area contributed by atoms with Crippen LogP contribution in [0.15, 0.2) is 79.4 Å². The zero-order chi connectivity index (χ0) is 25.9. The van der Waals surface area contributed by atoms with E-state index in [1.807, 2.05) is 17.1 Å². The van der Waals surface area contributed by atoms with Crippen LogP contribution in [-0.2, 0) is 0 Å². The van der Waals surface area contributed by atoms with Crippen molar-refractivity contribution in [2.75, 3.05) is 0 Å². The molecule has 0 fully saturated rings. The summed E-state index contributed by atoms with van der Waals surface area (Å²) in [4.78, 5) is 11.2. The second-order valence-corrected chi connectivity index (χ2v) is 11.8. The Labute approximate surface area is 233 Å². The Hall–Kier alpha value is -3.40. The molecular formula is C17H13N14O2S5+. The molecule has 0 radical (unpaired) electrons. The summed E-state index contributed by atoms with van der Waals surface area (Å²) in [7, 11) is 0. The van der Waals surface area contributed by atoms with Gasteiger partial charge in [0.2, 0.25) is 34.4 Å². The van der Waals surface area contributed by atoms with Crippen molar-refractivity contribution in [3.8, 4) is 0 Å². The highest BCUT2D eigenvalue weighted by molar-refractivity contribution is 8.04. The van der Waals surface area contributed by atoms with Crippen LogP contribution in [0.2, 0.25) is 0 Å². The van der Waals surface area contributed by atoms with E-state index in [1.165, 1.54) is 71.7 Å². The molecule has 0 atom stereocenters. The van der Waals surface area contributed by atoms with Gasteiger partial charge in [0.25, 0.3) is 15.5 Å². The normalized spacial score (nSPS) is 11.4. The first-order chi connectivity index (χ1) is 18.6. The molecule has 0 bridgehead atoms. The monoisotopic (exact) mass is 605 g/mol. The van der Waals surface area contributed by atoms with E-state index in [0.29, 0.717) is 37.5 Å². The van der Waals surface area contributed by atoms with Gasteiger partial charge in [-0.25, -0.2) is 9.97 Å². The molecule has 6 rings (SSSR count). The molecule has 16 nitrogen and oxygen atoms in total. The topological polar surface area (TPSA) is 206 Å². The Morgan fingerprint density at radius 1 is 0.921 bits per heavy atom. The van der Waals surface area contributed by atoms with Gasteiger partial charge in [0, 0.05) is 18.7 Å². The Bertz CT molecular complexity index is 1530. The van der Waals surface area contributed by atoms with Gasteiger partial charge in [-0.15, -0.1) is 34.6 Å². The molecule has 0 aliphatic heterocycles. The number of hydrogen-bond donors (Lipinski definition) is 3. The second kappa shape index (κ2) is 11.1. The maximum absolute atomic E-state index is 5.71. The molecule has 0 spiro atoms. The summed E-state index contributed by atoms with van der Waals surface area (Å²) in [6.45, 7) is 3.57. The fourth-order valence-corrected chi connectivity index (χ4v) is 7.78. The van der Waals surface area contributed by atoms with Crippen molar-refractivity contribution in [1.29, 1.82) is 0 Å². The number of H-pyrrole nitrogens is 3. The summed E-state index contributed by atoms with van der Waals surface area (Å²) in [6.07, 6.45) is 6.26. The lowest BCUT2D eigenvalue weighted by Gasteiger charge is -2.12. The number of rotatable bonds is 10. The first-order valence-electron chi connectivity index (χ1n) is 10.3. The molecule has 6 heterocycles. The smallest absolute Gasteiger partial charge is 0.281 e. The second-order valence-electron chi connectivity index (χ2n) is 6.88. The molecule has 3 N–H and O–H groups in total. The van der Waals surface area contributed by atoms with Crippen LogP contribution in [0.5, 0.6) is 0 Å². The largest absolute Gasteiger partial charge is 0.419 e. The molecule has 0 saturated carbocycles. The minimum Gasteiger partial charge on any atom is -0.419 e. The summed E-state index contributed by atoms with van der Waals surface area (Å²) >= 11 is 6.66. The Kier molecular flexibility index (Phi) is 7.31. The predicted molar refractivity (Wildman–Crippen MR) is 132 cm³/mol. The average molecular weight is 606 g/mol. The van der Waals surface area contributed by atoms with Crippen molar-refractivity contribution in [2.24, 2.45) is 0 Å². The first kappa shape index (κ1) is 24.9. The number of nitrogens with one attached hydrogen (secondary N) is 3. The molecule has 0 aliphatic rings. The van der Waals surface area contributed by atoms with Gasteiger partial charge in [-0.1, -0.05) is 0 Å². The summed E-state index contributed by atoms with van der Waals surface area (Å²) in [6, 6.07) is 0. The van der Waals surface area contributed by atoms with E-state index in [-0.39, 0.29) is 0 Å². The first-order valence-corrected chi connectivity index (χ1v) is 14.3. The van der Waals surface area contributed by atoms with Crippen LogP contribution >= 0.6 is 59.0 Å². The van der Waals surface area contributed by atoms with Gasteiger partial charge < -0.3 is 8.83 Å². The van der Waals surface area contributed by atoms with Crippen molar-refractivity contribution in [1.82, 2.24) is 66.2 Å². The van der Waals surface area contributed by atoms with Gasteiger partial charge >= 0.3 is 0 Å². The molecule has 6 aromatic heterocycles. The molecule has 0 aromatic carbocycles. The summed E-state index contributed by atoms with van der Waals surface area (Å²) in [5, 5.41) is 44.1. The van der Waals surface area contributed by atoms with E-state index in [9.17, 15) is 0 Å². The van der Waals surface area contributed by atoms with E-state index in [4.69, 9.17) is 8.83 Å². The van der Waals surface area contributed by atoms with Crippen molar-refractivity contribution < 1.29 is 12.8 Å². The zero-order valence-electron chi connectivity index (χ0n) is 19.1. The third kappa shape index (κ3) is 5.70. The Balaban J connectivity index is 1.56. The lowest BCUT2D eigenvalue weighted by atomic mass is 10.5. The molecule has 192 valence electrons. The van der Waals surface area contributed by atoms with Crippen LogP contribution in [0, 0.1) is 13.8 Å². The maximum atomic E-state index is 5.71. The number of nitrogens with zero attached hydrogens (tertiary/aromatic N) is 11. The van der Waals surface area contributed by atoms with Gasteiger partial charge in [-0.3, -0.25) is 10.2 Å². The Morgan fingerprint density at radius 3 is 2.55 bits per heavy atom. The predicted octanol–water partition coefficient (Wildman–Crippen LogP) is 2.87. The highest BCUT2D eigenvalue weighted by Gasteiger charge is 2.33. The average Bonchev–Trinajstić information content (AvgIpc) is 3.72. The van der Waals surface area contributed by atoms with Crippen LogP contribution in [0.1, 0.15) is 11.7 Å². The van der Waals surface area contributed by atoms with Crippen LogP contribution < -0.4 is 3.97 Å². The summed E-state index contributed by atoms with van der Waals surface area (Å²) in [5.74, 6) is 1.13. The lowest BCUT2D eigenvalue weighted by Crippen LogP contribution is -2.29. The van der Waals surface area contributed by atoms with Gasteiger partial charge in [0.05, 0.1) is 16.0 Å². The number of pyridine rings is 1. The van der Waals surface area contributed by atoms with E-state index in [1.54, 1.807) is 13.1 Å². The van der Waals surface area contributed by atoms with Crippen LogP contribution in [0.4, 0.5) is 0 Å². The summed E-state index contributed by atoms with van der Waals surface area (Å²) in [5.41, 5.74) is 0. The van der Waals surface area contributed by atoms with Crippen LogP contribution in [-0.4, -0.2) is 66.2 Å². The standard InChI is InChI=1S/C17H13N14O2S5/c1-7-22-15(27-23-7)37-13-12(35-14-18-5-20-26-14)11(36-17-29-24-8(2)33-17)9(34-16-28-21-6-32-16)4-31(13)38-10-3-19-30-25-10/h3-6H,1-2H3,(H,18,20,26)(H,19,25,30)(H,22,23,27)/q+1. The minimum absolute atomic E-state index is 0.354. The van der Waals surface area contributed by atoms with Crippen molar-refractivity contribution >= 4 is 59.0 Å². The molecular weight excluding hydrogens is 593 g/mol. The van der Waals surface area contributed by atoms with E-state index < -0.39 is 0 Å². The Morgan fingerprint density at radius 2 is 1.87 bits per heavy atom. The van der Waals surface area contributed by atoms with E-state index in [2.05, 4.69) is 66.2 Å². The highest BCUT2D eigenvalue weighted by Crippen LogP contribution is 2.48. The third-order valence-corrected chi connectivity index (χ3v) is 9.41. The molecule has 21 heteroatoms. The van der Waals surface area contributed by atoms with Gasteiger partial charge in [0.15, 0.2) is 11.4 Å². The van der Waals surface area contributed by atoms with Crippen LogP contribution in [0.25, 0.3) is 0 Å². The quantitative estimate of drug-likeness (QED) is 0.192. The number of aromatic nitrogens is 14.